The summed E-state index contributed by atoms with van der Waals surface area (Å²) < 4.78 is 36.7. The van der Waals surface area contributed by atoms with Gasteiger partial charge in [-0.3, -0.25) is 0 Å². The smallest absolute Gasteiger partial charge is 0.256 e. The van der Waals surface area contributed by atoms with Gasteiger partial charge in [0.25, 0.3) is 6.43 Å². The number of benzene rings is 1. The van der Waals surface area contributed by atoms with Gasteiger partial charge in [0, 0.05) is 22.1 Å². The summed E-state index contributed by atoms with van der Waals surface area (Å²) in [6.07, 6.45) is 1.26. The molecule has 118 valence electrons. The fourth-order valence-electron chi connectivity index (χ4n) is 2.06. The number of alkyl halides is 2. The normalized spacial score (nSPS) is 15.0. The SMILES string of the molecule is C=C1C(I)=CC=C(c2ccc(OCOC)cc2)N1CC(F)F. The molecule has 0 atom stereocenters. The highest BCUT2D eigenvalue weighted by Crippen LogP contribution is 2.34. The molecule has 0 bridgehead atoms. The summed E-state index contributed by atoms with van der Waals surface area (Å²) >= 11 is 2.09. The van der Waals surface area contributed by atoms with Crippen LogP contribution in [0.2, 0.25) is 0 Å². The van der Waals surface area contributed by atoms with E-state index in [1.165, 1.54) is 4.90 Å². The maximum atomic E-state index is 12.8. The van der Waals surface area contributed by atoms with Gasteiger partial charge in [0.15, 0.2) is 6.79 Å². The quantitative estimate of drug-likeness (QED) is 0.504. The number of ether oxygens (including phenoxy) is 2. The predicted molar refractivity (Wildman–Crippen MR) is 90.9 cm³/mol. The Kier molecular flexibility index (Phi) is 5.96. The first-order valence-electron chi connectivity index (χ1n) is 6.57. The summed E-state index contributed by atoms with van der Waals surface area (Å²) in [7, 11) is 1.54. The summed E-state index contributed by atoms with van der Waals surface area (Å²) in [4.78, 5) is 1.54. The van der Waals surface area contributed by atoms with Gasteiger partial charge in [-0.05, 0) is 64.6 Å². The van der Waals surface area contributed by atoms with Crippen LogP contribution in [0.25, 0.3) is 5.70 Å². The van der Waals surface area contributed by atoms with E-state index in [0.717, 1.165) is 9.14 Å². The Morgan fingerprint density at radius 1 is 1.23 bits per heavy atom. The number of nitrogens with zero attached hydrogens (tertiary/aromatic N) is 1. The Bertz CT molecular complexity index is 597. The second-order valence-corrected chi connectivity index (χ2v) is 5.75. The van der Waals surface area contributed by atoms with E-state index < -0.39 is 6.43 Å². The number of hydrogen-bond donors (Lipinski definition) is 0. The molecule has 0 fully saturated rings. The summed E-state index contributed by atoms with van der Waals surface area (Å²) in [6, 6.07) is 7.22. The topological polar surface area (TPSA) is 21.7 Å². The first kappa shape index (κ1) is 17.0. The minimum absolute atomic E-state index is 0.164. The molecule has 1 aromatic carbocycles. The largest absolute Gasteiger partial charge is 0.468 e. The Morgan fingerprint density at radius 2 is 1.91 bits per heavy atom. The van der Waals surface area contributed by atoms with Crippen molar-refractivity contribution in [3.05, 3.63) is 57.8 Å². The number of methoxy groups -OCH3 is 1. The fourth-order valence-corrected chi connectivity index (χ4v) is 2.53. The summed E-state index contributed by atoms with van der Waals surface area (Å²) in [6.45, 7) is 3.68. The molecule has 0 spiro atoms. The van der Waals surface area contributed by atoms with Crippen LogP contribution in [0.3, 0.4) is 0 Å². The lowest BCUT2D eigenvalue weighted by Crippen LogP contribution is -2.28. The van der Waals surface area contributed by atoms with E-state index in [4.69, 9.17) is 9.47 Å². The molecule has 3 nitrogen and oxygen atoms in total. The third-order valence-electron chi connectivity index (χ3n) is 3.09. The number of halogens is 3. The van der Waals surface area contributed by atoms with E-state index in [-0.39, 0.29) is 13.3 Å². The molecule has 0 radical (unpaired) electrons. The zero-order valence-corrected chi connectivity index (χ0v) is 14.2. The van der Waals surface area contributed by atoms with Crippen LogP contribution in [0.1, 0.15) is 5.56 Å². The molecule has 0 aromatic heterocycles. The van der Waals surface area contributed by atoms with Crippen molar-refractivity contribution in [3.63, 3.8) is 0 Å². The lowest BCUT2D eigenvalue weighted by atomic mass is 10.1. The van der Waals surface area contributed by atoms with E-state index in [2.05, 4.69) is 29.2 Å². The van der Waals surface area contributed by atoms with E-state index in [1.54, 1.807) is 19.2 Å². The summed E-state index contributed by atoms with van der Waals surface area (Å²) in [5.74, 6) is 0.659. The highest BCUT2D eigenvalue weighted by atomic mass is 127. The van der Waals surface area contributed by atoms with Crippen LogP contribution in [0.5, 0.6) is 5.75 Å². The van der Waals surface area contributed by atoms with E-state index >= 15 is 0 Å². The van der Waals surface area contributed by atoms with Crippen molar-refractivity contribution in [1.82, 2.24) is 4.90 Å². The monoisotopic (exact) mass is 419 g/mol. The lowest BCUT2D eigenvalue weighted by Gasteiger charge is -2.31. The molecule has 2 rings (SSSR count). The number of hydrogen-bond acceptors (Lipinski definition) is 3. The minimum Gasteiger partial charge on any atom is -0.468 e. The van der Waals surface area contributed by atoms with Gasteiger partial charge in [-0.25, -0.2) is 8.78 Å². The molecule has 1 aliphatic rings. The average Bonchev–Trinajstić information content (AvgIpc) is 2.50. The van der Waals surface area contributed by atoms with Crippen molar-refractivity contribution in [3.8, 4) is 5.75 Å². The molecule has 0 N–H and O–H groups in total. The predicted octanol–water partition coefficient (Wildman–Crippen LogP) is 4.42. The van der Waals surface area contributed by atoms with E-state index in [1.807, 2.05) is 24.3 Å². The van der Waals surface area contributed by atoms with Gasteiger partial charge in [-0.2, -0.15) is 0 Å². The summed E-state index contributed by atoms with van der Waals surface area (Å²) in [5.41, 5.74) is 2.11. The van der Waals surface area contributed by atoms with Gasteiger partial charge in [-0.15, -0.1) is 0 Å². The molecule has 1 heterocycles. The highest BCUT2D eigenvalue weighted by molar-refractivity contribution is 14.1. The van der Waals surface area contributed by atoms with Crippen molar-refractivity contribution in [2.45, 2.75) is 6.43 Å². The summed E-state index contributed by atoms with van der Waals surface area (Å²) in [5, 5.41) is 0. The third kappa shape index (κ3) is 4.07. The molecule has 0 aliphatic carbocycles. The van der Waals surface area contributed by atoms with Crippen LogP contribution in [0.15, 0.2) is 52.3 Å². The molecule has 1 aliphatic heterocycles. The van der Waals surface area contributed by atoms with E-state index in [9.17, 15) is 8.78 Å². The molecule has 6 heteroatoms. The molecular formula is C16H16F2INO2. The second-order valence-electron chi connectivity index (χ2n) is 4.59. The van der Waals surface area contributed by atoms with Gasteiger partial charge in [0.1, 0.15) is 5.75 Å². The van der Waals surface area contributed by atoms with Gasteiger partial charge in [-0.1, -0.05) is 6.58 Å². The van der Waals surface area contributed by atoms with Gasteiger partial charge in [0.2, 0.25) is 0 Å². The highest BCUT2D eigenvalue weighted by Gasteiger charge is 2.22. The van der Waals surface area contributed by atoms with Crippen molar-refractivity contribution in [1.29, 1.82) is 0 Å². The molecule has 0 saturated carbocycles. The van der Waals surface area contributed by atoms with Gasteiger partial charge < -0.3 is 14.4 Å². The molecule has 0 unspecified atom stereocenters. The minimum atomic E-state index is -2.44. The van der Waals surface area contributed by atoms with Gasteiger partial charge in [0.05, 0.1) is 6.54 Å². The van der Waals surface area contributed by atoms with Crippen molar-refractivity contribution >= 4 is 28.3 Å². The van der Waals surface area contributed by atoms with Crippen molar-refractivity contribution < 1.29 is 18.3 Å². The molecule has 1 aromatic rings. The molecule has 0 amide bonds. The fraction of sp³-hybridized carbons (Fsp3) is 0.250. The maximum absolute atomic E-state index is 12.8. The Labute approximate surface area is 142 Å². The Morgan fingerprint density at radius 3 is 2.50 bits per heavy atom. The van der Waals surface area contributed by atoms with Crippen LogP contribution in [-0.4, -0.2) is 31.8 Å². The van der Waals surface area contributed by atoms with Gasteiger partial charge >= 0.3 is 0 Å². The number of rotatable bonds is 6. The Hall–Kier alpha value is -1.41. The molecular weight excluding hydrogens is 403 g/mol. The van der Waals surface area contributed by atoms with Crippen molar-refractivity contribution in [2.24, 2.45) is 0 Å². The third-order valence-corrected chi connectivity index (χ3v) is 4.08. The first-order valence-corrected chi connectivity index (χ1v) is 7.65. The average molecular weight is 419 g/mol. The lowest BCUT2D eigenvalue weighted by molar-refractivity contribution is 0.0511. The Balaban J connectivity index is 2.25. The zero-order chi connectivity index (χ0) is 16.1. The van der Waals surface area contributed by atoms with Crippen LogP contribution in [-0.2, 0) is 4.74 Å². The number of allylic oxidation sites excluding steroid dienone is 3. The van der Waals surface area contributed by atoms with Crippen LogP contribution in [0.4, 0.5) is 8.78 Å². The molecule has 0 saturated heterocycles. The van der Waals surface area contributed by atoms with Crippen LogP contribution in [0, 0.1) is 0 Å². The molecule has 22 heavy (non-hydrogen) atoms. The zero-order valence-electron chi connectivity index (χ0n) is 12.1. The van der Waals surface area contributed by atoms with Crippen LogP contribution < -0.4 is 4.74 Å². The first-order chi connectivity index (χ1) is 10.5. The van der Waals surface area contributed by atoms with Crippen molar-refractivity contribution in [2.75, 3.05) is 20.4 Å². The maximum Gasteiger partial charge on any atom is 0.256 e. The van der Waals surface area contributed by atoms with Crippen LogP contribution >= 0.6 is 22.6 Å². The standard InChI is InChI=1S/C16H16F2INO2/c1-11-14(19)7-8-15(20(11)9-16(17)18)12-3-5-13(6-4-12)22-10-21-2/h3-8,16H,1,9-10H2,2H3. The van der Waals surface area contributed by atoms with E-state index in [0.29, 0.717) is 17.1 Å². The second kappa shape index (κ2) is 7.73.